The monoisotopic (exact) mass is 294 g/mol. The van der Waals surface area contributed by atoms with Crippen molar-refractivity contribution in [1.29, 1.82) is 0 Å². The summed E-state index contributed by atoms with van der Waals surface area (Å²) in [5.41, 5.74) is -0.133. The number of ether oxygens (including phenoxy) is 1. The second-order valence-electron chi connectivity index (χ2n) is 5.99. The van der Waals surface area contributed by atoms with Gasteiger partial charge in [0.15, 0.2) is 0 Å². The number of aliphatic hydroxyl groups excluding tert-OH is 1. The SMILES string of the molecule is CC(O)CC(C)(C)CNC(=O)NCCOc1ccccc1. The molecule has 1 atom stereocenters. The number of nitrogens with one attached hydrogen (secondary N) is 2. The molecule has 0 aliphatic heterocycles. The van der Waals surface area contributed by atoms with Gasteiger partial charge in [-0.25, -0.2) is 4.79 Å². The van der Waals surface area contributed by atoms with Crippen molar-refractivity contribution >= 4 is 6.03 Å². The molecular weight excluding hydrogens is 268 g/mol. The molecule has 118 valence electrons. The molecule has 0 saturated heterocycles. The zero-order chi connectivity index (χ0) is 15.7. The van der Waals surface area contributed by atoms with Crippen molar-refractivity contribution in [2.75, 3.05) is 19.7 Å². The molecule has 1 aromatic rings. The molecule has 0 spiro atoms. The predicted octanol–water partition coefficient (Wildman–Crippen LogP) is 2.16. The second-order valence-corrected chi connectivity index (χ2v) is 5.99. The summed E-state index contributed by atoms with van der Waals surface area (Å²) < 4.78 is 5.48. The molecule has 5 nitrogen and oxygen atoms in total. The van der Waals surface area contributed by atoms with Gasteiger partial charge in [-0.1, -0.05) is 32.0 Å². The maximum atomic E-state index is 11.6. The molecule has 0 fully saturated rings. The van der Waals surface area contributed by atoms with Gasteiger partial charge in [-0.3, -0.25) is 0 Å². The summed E-state index contributed by atoms with van der Waals surface area (Å²) in [6.07, 6.45) is 0.272. The zero-order valence-corrected chi connectivity index (χ0v) is 13.1. The molecule has 21 heavy (non-hydrogen) atoms. The lowest BCUT2D eigenvalue weighted by atomic mass is 9.87. The minimum Gasteiger partial charge on any atom is -0.492 e. The minimum absolute atomic E-state index is 0.133. The van der Waals surface area contributed by atoms with Crippen LogP contribution < -0.4 is 15.4 Å². The molecule has 3 N–H and O–H groups in total. The van der Waals surface area contributed by atoms with E-state index >= 15 is 0 Å². The van der Waals surface area contributed by atoms with E-state index in [2.05, 4.69) is 10.6 Å². The fraction of sp³-hybridized carbons (Fsp3) is 0.562. The van der Waals surface area contributed by atoms with Crippen LogP contribution in [0.25, 0.3) is 0 Å². The van der Waals surface area contributed by atoms with E-state index in [1.54, 1.807) is 6.92 Å². The van der Waals surface area contributed by atoms with Crippen molar-refractivity contribution < 1.29 is 14.6 Å². The summed E-state index contributed by atoms with van der Waals surface area (Å²) in [6, 6.07) is 9.26. The number of urea groups is 1. The van der Waals surface area contributed by atoms with Crippen LogP contribution in [-0.2, 0) is 0 Å². The standard InChI is InChI=1S/C16H26N2O3/c1-13(19)11-16(2,3)12-18-15(20)17-9-10-21-14-7-5-4-6-8-14/h4-8,13,19H,9-12H2,1-3H3,(H2,17,18,20). The molecule has 1 unspecified atom stereocenters. The fourth-order valence-electron chi connectivity index (χ4n) is 2.10. The van der Waals surface area contributed by atoms with Crippen LogP contribution in [-0.4, -0.2) is 36.9 Å². The van der Waals surface area contributed by atoms with Crippen molar-refractivity contribution in [3.05, 3.63) is 30.3 Å². The van der Waals surface area contributed by atoms with E-state index in [9.17, 15) is 9.90 Å². The number of carbonyl (C=O) groups is 1. The first-order valence-corrected chi connectivity index (χ1v) is 7.27. The van der Waals surface area contributed by atoms with Gasteiger partial charge in [-0.15, -0.1) is 0 Å². The van der Waals surface area contributed by atoms with Crippen LogP contribution in [0.15, 0.2) is 30.3 Å². The zero-order valence-electron chi connectivity index (χ0n) is 13.1. The van der Waals surface area contributed by atoms with Gasteiger partial charge in [-0.2, -0.15) is 0 Å². The molecule has 1 aromatic carbocycles. The first-order chi connectivity index (χ1) is 9.89. The lowest BCUT2D eigenvalue weighted by Gasteiger charge is -2.26. The van der Waals surface area contributed by atoms with Crippen molar-refractivity contribution in [3.63, 3.8) is 0 Å². The summed E-state index contributed by atoms with van der Waals surface area (Å²) in [4.78, 5) is 11.6. The Kier molecular flexibility index (Phi) is 7.02. The Morgan fingerprint density at radius 1 is 1.29 bits per heavy atom. The fourth-order valence-corrected chi connectivity index (χ4v) is 2.10. The smallest absolute Gasteiger partial charge is 0.314 e. The number of rotatable bonds is 8. The molecule has 0 aliphatic rings. The van der Waals surface area contributed by atoms with Crippen molar-refractivity contribution in [2.45, 2.75) is 33.3 Å². The van der Waals surface area contributed by atoms with E-state index < -0.39 is 0 Å². The third kappa shape index (κ3) is 8.19. The summed E-state index contributed by atoms with van der Waals surface area (Å²) in [5.74, 6) is 0.790. The van der Waals surface area contributed by atoms with Crippen molar-refractivity contribution in [2.24, 2.45) is 5.41 Å². The molecule has 2 amide bonds. The van der Waals surface area contributed by atoms with Gasteiger partial charge in [0.05, 0.1) is 12.6 Å². The van der Waals surface area contributed by atoms with Crippen molar-refractivity contribution in [3.8, 4) is 5.75 Å². The van der Waals surface area contributed by atoms with Gasteiger partial charge in [0, 0.05) is 6.54 Å². The number of benzene rings is 1. The van der Waals surface area contributed by atoms with Crippen LogP contribution in [0.5, 0.6) is 5.75 Å². The number of amides is 2. The first-order valence-electron chi connectivity index (χ1n) is 7.27. The second kappa shape index (κ2) is 8.52. The first kappa shape index (κ1) is 17.3. The topological polar surface area (TPSA) is 70.6 Å². The minimum atomic E-state index is -0.371. The molecule has 0 radical (unpaired) electrons. The molecule has 0 bridgehead atoms. The highest BCUT2D eigenvalue weighted by atomic mass is 16.5. The van der Waals surface area contributed by atoms with Crippen LogP contribution in [0.2, 0.25) is 0 Å². The molecule has 5 heteroatoms. The third-order valence-corrected chi connectivity index (χ3v) is 2.98. The highest BCUT2D eigenvalue weighted by molar-refractivity contribution is 5.73. The van der Waals surface area contributed by atoms with Gasteiger partial charge < -0.3 is 20.5 Å². The summed E-state index contributed by atoms with van der Waals surface area (Å²) in [6.45, 7) is 7.16. The van der Waals surface area contributed by atoms with Gasteiger partial charge in [0.2, 0.25) is 0 Å². The highest BCUT2D eigenvalue weighted by Gasteiger charge is 2.20. The average molecular weight is 294 g/mol. The summed E-state index contributed by atoms with van der Waals surface area (Å²) >= 11 is 0. The lowest BCUT2D eigenvalue weighted by Crippen LogP contribution is -2.42. The van der Waals surface area contributed by atoms with E-state index in [0.29, 0.717) is 26.1 Å². The Balaban J connectivity index is 2.14. The molecule has 1 rings (SSSR count). The van der Waals surface area contributed by atoms with Gasteiger partial charge in [0.1, 0.15) is 12.4 Å². The van der Waals surface area contributed by atoms with Crippen LogP contribution in [0.1, 0.15) is 27.2 Å². The Labute approximate surface area is 126 Å². The Morgan fingerprint density at radius 3 is 2.57 bits per heavy atom. The molecule has 0 saturated carbocycles. The van der Waals surface area contributed by atoms with E-state index in [4.69, 9.17) is 4.74 Å². The van der Waals surface area contributed by atoms with Crippen molar-refractivity contribution in [1.82, 2.24) is 10.6 Å². The number of carbonyl (C=O) groups excluding carboxylic acids is 1. The van der Waals surface area contributed by atoms with Gasteiger partial charge in [0.25, 0.3) is 0 Å². The van der Waals surface area contributed by atoms with Crippen LogP contribution in [0.4, 0.5) is 4.79 Å². The van der Waals surface area contributed by atoms with Crippen LogP contribution in [0.3, 0.4) is 0 Å². The molecular formula is C16H26N2O3. The average Bonchev–Trinajstić information content (AvgIpc) is 2.41. The summed E-state index contributed by atoms with van der Waals surface area (Å²) in [7, 11) is 0. The van der Waals surface area contributed by atoms with E-state index in [1.165, 1.54) is 0 Å². The Morgan fingerprint density at radius 2 is 1.95 bits per heavy atom. The van der Waals surface area contributed by atoms with Gasteiger partial charge in [-0.05, 0) is 30.9 Å². The number of para-hydroxylation sites is 1. The highest BCUT2D eigenvalue weighted by Crippen LogP contribution is 2.20. The quantitative estimate of drug-likeness (QED) is 0.643. The maximum Gasteiger partial charge on any atom is 0.314 e. The van der Waals surface area contributed by atoms with Gasteiger partial charge >= 0.3 is 6.03 Å². The third-order valence-electron chi connectivity index (χ3n) is 2.98. The number of hydrogen-bond acceptors (Lipinski definition) is 3. The summed E-state index contributed by atoms with van der Waals surface area (Å²) in [5, 5.41) is 14.9. The van der Waals surface area contributed by atoms with E-state index in [0.717, 1.165) is 5.75 Å². The molecule has 0 aliphatic carbocycles. The molecule has 0 aromatic heterocycles. The number of aliphatic hydroxyl groups is 1. The normalized spacial score (nSPS) is 12.6. The van der Waals surface area contributed by atoms with Crippen LogP contribution >= 0.6 is 0 Å². The predicted molar refractivity (Wildman–Crippen MR) is 83.4 cm³/mol. The number of hydrogen-bond donors (Lipinski definition) is 3. The van der Waals surface area contributed by atoms with E-state index in [1.807, 2.05) is 44.2 Å². The lowest BCUT2D eigenvalue weighted by molar-refractivity contribution is 0.128. The van der Waals surface area contributed by atoms with Crippen LogP contribution in [0, 0.1) is 5.41 Å². The Bertz CT molecular complexity index is 419. The van der Waals surface area contributed by atoms with E-state index in [-0.39, 0.29) is 17.6 Å². The maximum absolute atomic E-state index is 11.6. The largest absolute Gasteiger partial charge is 0.492 e. The molecule has 0 heterocycles. The Hall–Kier alpha value is -1.75.